The molecule has 1 amide bonds. The zero-order valence-electron chi connectivity index (χ0n) is 16.5. The van der Waals surface area contributed by atoms with E-state index in [0.717, 1.165) is 21.3 Å². The number of carbonyl (C=O) groups is 1. The minimum Gasteiger partial charge on any atom is -0.320 e. The van der Waals surface area contributed by atoms with E-state index >= 15 is 0 Å². The van der Waals surface area contributed by atoms with Crippen LogP contribution in [0.2, 0.25) is 0 Å². The lowest BCUT2D eigenvalue weighted by molar-refractivity contribution is 0.102. The number of benzene rings is 3. The van der Waals surface area contributed by atoms with Gasteiger partial charge in [-0.25, -0.2) is 13.4 Å². The summed E-state index contributed by atoms with van der Waals surface area (Å²) in [5.74, 6) is -0.272. The minimum atomic E-state index is -3.56. The number of hydrogen-bond donors (Lipinski definition) is 1. The minimum absolute atomic E-state index is 0.272. The molecule has 1 aliphatic heterocycles. The van der Waals surface area contributed by atoms with Crippen LogP contribution in [0.5, 0.6) is 0 Å². The zero-order chi connectivity index (χ0) is 21.4. The van der Waals surface area contributed by atoms with E-state index in [0.29, 0.717) is 28.6 Å². The zero-order valence-corrected chi connectivity index (χ0v) is 18.1. The lowest BCUT2D eigenvalue weighted by Gasteiger charge is -2.28. The molecule has 3 aromatic carbocycles. The molecule has 0 unspecified atom stereocenters. The van der Waals surface area contributed by atoms with Crippen LogP contribution >= 0.6 is 11.3 Å². The topological polar surface area (TPSA) is 79.4 Å². The molecule has 0 saturated carbocycles. The smallest absolute Gasteiger partial charge is 0.284 e. The van der Waals surface area contributed by atoms with E-state index in [1.807, 2.05) is 42.5 Å². The summed E-state index contributed by atoms with van der Waals surface area (Å²) in [4.78, 5) is 17.4. The summed E-state index contributed by atoms with van der Waals surface area (Å²) in [6.45, 7) is 0.707. The Morgan fingerprint density at radius 2 is 1.74 bits per heavy atom. The van der Waals surface area contributed by atoms with Crippen molar-refractivity contribution in [3.8, 4) is 0 Å². The van der Waals surface area contributed by atoms with Crippen LogP contribution in [0.25, 0.3) is 10.2 Å². The Balaban J connectivity index is 1.37. The van der Waals surface area contributed by atoms with Gasteiger partial charge in [-0.1, -0.05) is 36.4 Å². The van der Waals surface area contributed by atoms with Crippen molar-refractivity contribution < 1.29 is 13.2 Å². The van der Waals surface area contributed by atoms with Gasteiger partial charge in [-0.15, -0.1) is 11.3 Å². The van der Waals surface area contributed by atoms with Crippen LogP contribution in [0, 0.1) is 0 Å². The first-order valence-corrected chi connectivity index (χ1v) is 12.1. The summed E-state index contributed by atoms with van der Waals surface area (Å²) < 4.78 is 28.4. The molecule has 0 aliphatic carbocycles. The highest BCUT2D eigenvalue weighted by Gasteiger charge is 2.28. The van der Waals surface area contributed by atoms with Crippen molar-refractivity contribution in [3.63, 3.8) is 0 Å². The summed E-state index contributed by atoms with van der Waals surface area (Å²) in [5.41, 5.74) is 3.41. The van der Waals surface area contributed by atoms with Crippen LogP contribution in [-0.2, 0) is 23.0 Å². The molecule has 31 heavy (non-hydrogen) atoms. The van der Waals surface area contributed by atoms with Crippen LogP contribution in [0.1, 0.15) is 20.9 Å². The molecule has 1 N–H and O–H groups in total. The fourth-order valence-electron chi connectivity index (χ4n) is 3.71. The third-order valence-electron chi connectivity index (χ3n) is 5.31. The van der Waals surface area contributed by atoms with Gasteiger partial charge in [0, 0.05) is 18.8 Å². The normalized spacial score (nSPS) is 14.3. The molecule has 1 aromatic heterocycles. The maximum atomic E-state index is 13.0. The number of thiazole rings is 1. The Morgan fingerprint density at radius 1 is 0.968 bits per heavy atom. The average Bonchev–Trinajstić information content (AvgIpc) is 3.24. The van der Waals surface area contributed by atoms with Gasteiger partial charge >= 0.3 is 0 Å². The van der Waals surface area contributed by atoms with Gasteiger partial charge in [-0.2, -0.15) is 4.31 Å². The van der Waals surface area contributed by atoms with Crippen LogP contribution in [-0.4, -0.2) is 30.2 Å². The molecule has 5 rings (SSSR count). The van der Waals surface area contributed by atoms with Crippen molar-refractivity contribution in [2.45, 2.75) is 17.9 Å². The summed E-state index contributed by atoms with van der Waals surface area (Å²) in [5, 5.41) is 3.29. The molecule has 8 heteroatoms. The van der Waals surface area contributed by atoms with Gasteiger partial charge in [0.05, 0.1) is 15.1 Å². The third kappa shape index (κ3) is 3.85. The maximum Gasteiger partial charge on any atom is 0.284 e. The highest BCUT2D eigenvalue weighted by Crippen LogP contribution is 2.28. The summed E-state index contributed by atoms with van der Waals surface area (Å²) in [6, 6.07) is 21.7. The lowest BCUT2D eigenvalue weighted by Crippen LogP contribution is -2.36. The Morgan fingerprint density at radius 3 is 2.55 bits per heavy atom. The Labute approximate surface area is 184 Å². The Hall–Kier alpha value is -3.07. The number of hydrogen-bond acceptors (Lipinski definition) is 5. The Kier molecular flexibility index (Phi) is 5.05. The van der Waals surface area contributed by atoms with Crippen LogP contribution < -0.4 is 5.32 Å². The fourth-order valence-corrected chi connectivity index (χ4v) is 6.01. The van der Waals surface area contributed by atoms with E-state index in [1.54, 1.807) is 30.3 Å². The second-order valence-corrected chi connectivity index (χ2v) is 10.3. The van der Waals surface area contributed by atoms with Gasteiger partial charge in [-0.3, -0.25) is 4.79 Å². The van der Waals surface area contributed by atoms with E-state index in [-0.39, 0.29) is 12.5 Å². The number of carbonyl (C=O) groups excluding carboxylic acids is 1. The molecule has 0 fully saturated rings. The number of fused-ring (bicyclic) bond motifs is 2. The second kappa shape index (κ2) is 7.88. The van der Waals surface area contributed by atoms with E-state index in [4.69, 9.17) is 0 Å². The standard InChI is InChI=1S/C23H19N3O3S2/c27-22(23-25-20-8-4-5-9-21(20)30-23)24-18-11-10-16-12-13-26(15-17(16)14-18)31(28,29)19-6-2-1-3-7-19/h1-11,14H,12-13,15H2,(H,24,27). The van der Waals surface area contributed by atoms with Gasteiger partial charge in [0.15, 0.2) is 5.01 Å². The number of nitrogens with one attached hydrogen (secondary N) is 1. The first-order valence-electron chi connectivity index (χ1n) is 9.85. The first kappa shape index (κ1) is 19.9. The highest BCUT2D eigenvalue weighted by molar-refractivity contribution is 7.89. The fraction of sp³-hybridized carbons (Fsp3) is 0.130. The molecule has 0 bridgehead atoms. The molecule has 0 saturated heterocycles. The summed E-state index contributed by atoms with van der Waals surface area (Å²) in [7, 11) is -3.56. The predicted octanol–water partition coefficient (Wildman–Crippen LogP) is 4.30. The number of anilines is 1. The van der Waals surface area contributed by atoms with Crippen LogP contribution in [0.3, 0.4) is 0 Å². The molecule has 4 aromatic rings. The van der Waals surface area contributed by atoms with E-state index in [9.17, 15) is 13.2 Å². The monoisotopic (exact) mass is 449 g/mol. The van der Waals surface area contributed by atoms with Crippen molar-refractivity contribution in [1.82, 2.24) is 9.29 Å². The predicted molar refractivity (Wildman–Crippen MR) is 122 cm³/mol. The molecule has 0 spiro atoms. The van der Waals surface area contributed by atoms with Crippen LogP contribution in [0.15, 0.2) is 77.7 Å². The number of rotatable bonds is 4. The van der Waals surface area contributed by atoms with Gasteiger partial charge < -0.3 is 5.32 Å². The first-order chi connectivity index (χ1) is 15.0. The molecule has 156 valence electrons. The SMILES string of the molecule is O=C(Nc1ccc2c(c1)CN(S(=O)(=O)c1ccccc1)CC2)c1nc2ccccc2s1. The van der Waals surface area contributed by atoms with E-state index in [1.165, 1.54) is 15.6 Å². The number of aromatic nitrogens is 1. The number of para-hydroxylation sites is 1. The van der Waals surface area contributed by atoms with Crippen molar-refractivity contribution in [2.24, 2.45) is 0 Å². The van der Waals surface area contributed by atoms with Gasteiger partial charge in [-0.05, 0) is 53.9 Å². The summed E-state index contributed by atoms with van der Waals surface area (Å²) >= 11 is 1.34. The van der Waals surface area contributed by atoms with Gasteiger partial charge in [0.25, 0.3) is 5.91 Å². The van der Waals surface area contributed by atoms with E-state index in [2.05, 4.69) is 10.3 Å². The van der Waals surface area contributed by atoms with Crippen molar-refractivity contribution in [2.75, 3.05) is 11.9 Å². The molecule has 2 heterocycles. The van der Waals surface area contributed by atoms with Gasteiger partial charge in [0.2, 0.25) is 10.0 Å². The highest BCUT2D eigenvalue weighted by atomic mass is 32.2. The molecule has 1 aliphatic rings. The van der Waals surface area contributed by atoms with Gasteiger partial charge in [0.1, 0.15) is 0 Å². The largest absolute Gasteiger partial charge is 0.320 e. The molecule has 6 nitrogen and oxygen atoms in total. The second-order valence-electron chi connectivity index (χ2n) is 7.33. The average molecular weight is 450 g/mol. The summed E-state index contributed by atoms with van der Waals surface area (Å²) in [6.07, 6.45) is 0.632. The lowest BCUT2D eigenvalue weighted by atomic mass is 10.0. The van der Waals surface area contributed by atoms with Crippen molar-refractivity contribution in [1.29, 1.82) is 0 Å². The Bertz CT molecular complexity index is 1350. The van der Waals surface area contributed by atoms with Crippen LogP contribution in [0.4, 0.5) is 5.69 Å². The van der Waals surface area contributed by atoms with Crippen molar-refractivity contribution in [3.05, 3.63) is 88.9 Å². The molecular weight excluding hydrogens is 430 g/mol. The van der Waals surface area contributed by atoms with Crippen molar-refractivity contribution >= 4 is 43.2 Å². The third-order valence-corrected chi connectivity index (χ3v) is 8.21. The number of amides is 1. The molecule has 0 radical (unpaired) electrons. The van der Waals surface area contributed by atoms with E-state index < -0.39 is 10.0 Å². The molecule has 0 atom stereocenters. The number of nitrogens with zero attached hydrogens (tertiary/aromatic N) is 2. The molecular formula is C23H19N3O3S2. The quantitative estimate of drug-likeness (QED) is 0.504. The number of sulfonamides is 1. The maximum absolute atomic E-state index is 13.0.